The van der Waals surface area contributed by atoms with E-state index in [2.05, 4.69) is 41.5 Å². The van der Waals surface area contributed by atoms with Gasteiger partial charge in [-0.15, -0.1) is 0 Å². The average molecular weight is 535 g/mol. The van der Waals surface area contributed by atoms with E-state index in [0.29, 0.717) is 24.7 Å². The molecule has 7 heteroatoms. The average Bonchev–Trinajstić information content (AvgIpc) is 2.67. The number of phenolic OH excluding ortho intramolecular Hbond substituents is 2. The van der Waals surface area contributed by atoms with Gasteiger partial charge < -0.3 is 19.7 Å². The van der Waals surface area contributed by atoms with E-state index < -0.39 is 17.0 Å². The summed E-state index contributed by atoms with van der Waals surface area (Å²) in [5, 5.41) is 20.2. The standard InChI is InChI=1S/2C13H20O2.2ClH.Ti/c2*1-9-6-10(8-15-5)12(14)11(7-9)13(2,3)4;;;/h2*6-7,14H,8H2,1-5H3;2*1H;/q;;;;+2/p-2. The fourth-order valence-corrected chi connectivity index (χ4v) is 3.38. The molecular formula is C26H40Cl2O4Ti. The predicted molar refractivity (Wildman–Crippen MR) is 136 cm³/mol. The van der Waals surface area contributed by atoms with Gasteiger partial charge in [-0.25, -0.2) is 0 Å². The summed E-state index contributed by atoms with van der Waals surface area (Å²) in [5.41, 5.74) is 5.92. The Labute approximate surface area is 217 Å². The van der Waals surface area contributed by atoms with E-state index in [0.717, 1.165) is 33.4 Å². The van der Waals surface area contributed by atoms with Crippen molar-refractivity contribution in [3.05, 3.63) is 57.6 Å². The van der Waals surface area contributed by atoms with Crippen LogP contribution < -0.4 is 0 Å². The number of hydrogen-bond donors (Lipinski definition) is 2. The maximum absolute atomic E-state index is 10.1. The molecule has 2 aromatic rings. The molecule has 0 radical (unpaired) electrons. The number of aromatic hydroxyl groups is 2. The molecular weight excluding hydrogens is 495 g/mol. The fraction of sp³-hybridized carbons (Fsp3) is 0.538. The van der Waals surface area contributed by atoms with E-state index in [1.807, 2.05) is 38.1 Å². The zero-order valence-corrected chi connectivity index (χ0v) is 24.8. The summed E-state index contributed by atoms with van der Waals surface area (Å²) in [6, 6.07) is 8.01. The van der Waals surface area contributed by atoms with Crippen LogP contribution in [0.15, 0.2) is 24.3 Å². The van der Waals surface area contributed by atoms with Gasteiger partial charge in [0.2, 0.25) is 0 Å². The molecule has 0 aliphatic carbocycles. The van der Waals surface area contributed by atoms with Crippen molar-refractivity contribution < 1.29 is 36.7 Å². The summed E-state index contributed by atoms with van der Waals surface area (Å²) in [6.45, 7) is 17.6. The minimum atomic E-state index is -0.556. The molecule has 0 aromatic heterocycles. The van der Waals surface area contributed by atoms with Crippen molar-refractivity contribution in [2.45, 2.75) is 79.4 Å². The van der Waals surface area contributed by atoms with E-state index in [9.17, 15) is 10.2 Å². The molecule has 0 aliphatic heterocycles. The number of hydrogen-bond acceptors (Lipinski definition) is 4. The Balaban J connectivity index is 0.000000555. The molecule has 0 saturated carbocycles. The molecule has 0 bridgehead atoms. The maximum atomic E-state index is 10.1. The fourth-order valence-electron chi connectivity index (χ4n) is 3.38. The first-order chi connectivity index (χ1) is 15.1. The summed E-state index contributed by atoms with van der Waals surface area (Å²) >= 11 is -0.556. The number of phenols is 2. The summed E-state index contributed by atoms with van der Waals surface area (Å²) in [5.74, 6) is 0.741. The molecule has 33 heavy (non-hydrogen) atoms. The number of benzene rings is 2. The third-order valence-corrected chi connectivity index (χ3v) is 4.88. The minimum absolute atomic E-state index is 0.0431. The topological polar surface area (TPSA) is 58.9 Å². The van der Waals surface area contributed by atoms with Crippen LogP contribution in [0.1, 0.15) is 74.9 Å². The van der Waals surface area contributed by atoms with E-state index in [4.69, 9.17) is 28.1 Å². The SMILES string of the molecule is COCc1cc(C)cc(C(C)(C)C)c1O.COCc1cc(C)cc(C(C)(C)C)c1O.[Cl][Ti][Cl]. The molecule has 2 aromatic carbocycles. The molecule has 2 N–H and O–H groups in total. The van der Waals surface area contributed by atoms with E-state index in [-0.39, 0.29) is 10.8 Å². The van der Waals surface area contributed by atoms with Crippen molar-refractivity contribution in [2.24, 2.45) is 0 Å². The van der Waals surface area contributed by atoms with Crippen LogP contribution in [0.25, 0.3) is 0 Å². The Morgan fingerprint density at radius 2 is 0.970 bits per heavy atom. The van der Waals surface area contributed by atoms with Gasteiger partial charge in [0.05, 0.1) is 13.2 Å². The quantitative estimate of drug-likeness (QED) is 0.395. The molecule has 0 unspecified atom stereocenters. The van der Waals surface area contributed by atoms with Gasteiger partial charge in [0, 0.05) is 25.3 Å². The van der Waals surface area contributed by atoms with Gasteiger partial charge in [0.1, 0.15) is 11.5 Å². The molecule has 0 spiro atoms. The first-order valence-corrected chi connectivity index (χ1v) is 15.0. The van der Waals surface area contributed by atoms with E-state index in [1.165, 1.54) is 0 Å². The Bertz CT molecular complexity index is 801. The van der Waals surface area contributed by atoms with Crippen LogP contribution in [0, 0.1) is 13.8 Å². The molecule has 2 rings (SSSR count). The van der Waals surface area contributed by atoms with E-state index in [1.54, 1.807) is 14.2 Å². The third kappa shape index (κ3) is 11.0. The summed E-state index contributed by atoms with van der Waals surface area (Å²) in [6.07, 6.45) is 0. The molecule has 0 aliphatic rings. The Morgan fingerprint density at radius 3 is 1.18 bits per heavy atom. The van der Waals surface area contributed by atoms with Crippen molar-refractivity contribution >= 4 is 18.6 Å². The molecule has 186 valence electrons. The van der Waals surface area contributed by atoms with Crippen molar-refractivity contribution in [3.8, 4) is 11.5 Å². The van der Waals surface area contributed by atoms with Crippen LogP contribution in [0.2, 0.25) is 0 Å². The Kier molecular flexibility index (Phi) is 14.3. The van der Waals surface area contributed by atoms with Crippen molar-refractivity contribution in [1.82, 2.24) is 0 Å². The third-order valence-electron chi connectivity index (χ3n) is 4.88. The van der Waals surface area contributed by atoms with E-state index >= 15 is 0 Å². The second-order valence-corrected chi connectivity index (χ2v) is 12.7. The number of rotatable bonds is 4. The van der Waals surface area contributed by atoms with Gasteiger partial charge in [-0.3, -0.25) is 0 Å². The molecule has 0 amide bonds. The Morgan fingerprint density at radius 1 is 0.697 bits per heavy atom. The summed E-state index contributed by atoms with van der Waals surface area (Å²) in [4.78, 5) is 0. The van der Waals surface area contributed by atoms with Crippen molar-refractivity contribution in [1.29, 1.82) is 0 Å². The van der Waals surface area contributed by atoms with Crippen LogP contribution in [0.3, 0.4) is 0 Å². The van der Waals surface area contributed by atoms with Crippen LogP contribution in [-0.4, -0.2) is 24.4 Å². The van der Waals surface area contributed by atoms with Crippen LogP contribution in [0.5, 0.6) is 11.5 Å². The van der Waals surface area contributed by atoms with Gasteiger partial charge in [-0.05, 0) is 35.8 Å². The van der Waals surface area contributed by atoms with Crippen LogP contribution in [0.4, 0.5) is 0 Å². The molecule has 0 fully saturated rings. The monoisotopic (exact) mass is 534 g/mol. The second-order valence-electron chi connectivity index (χ2n) is 10.1. The number of halogens is 2. The van der Waals surface area contributed by atoms with Gasteiger partial charge in [-0.2, -0.15) is 0 Å². The molecule has 0 atom stereocenters. The molecule has 0 saturated heterocycles. The number of methoxy groups -OCH3 is 2. The zero-order chi connectivity index (χ0) is 26.0. The first-order valence-electron chi connectivity index (χ1n) is 10.7. The van der Waals surface area contributed by atoms with Crippen LogP contribution >= 0.6 is 18.6 Å². The van der Waals surface area contributed by atoms with Gasteiger partial charge >= 0.3 is 35.6 Å². The normalized spacial score (nSPS) is 11.2. The van der Waals surface area contributed by atoms with Crippen molar-refractivity contribution in [2.75, 3.05) is 14.2 Å². The van der Waals surface area contributed by atoms with Crippen LogP contribution in [-0.2, 0) is 50.5 Å². The van der Waals surface area contributed by atoms with Gasteiger partial charge in [0.25, 0.3) is 0 Å². The number of aryl methyl sites for hydroxylation is 2. The molecule has 4 nitrogen and oxygen atoms in total. The first kappa shape index (κ1) is 32.3. The van der Waals surface area contributed by atoms with Gasteiger partial charge in [-0.1, -0.05) is 76.9 Å². The predicted octanol–water partition coefficient (Wildman–Crippen LogP) is 7.67. The number of ether oxygens (including phenoxy) is 2. The van der Waals surface area contributed by atoms with Gasteiger partial charge in [0.15, 0.2) is 0 Å². The summed E-state index contributed by atoms with van der Waals surface area (Å²) in [7, 11) is 13.1. The Hall–Kier alpha value is -0.746. The second kappa shape index (κ2) is 14.6. The zero-order valence-electron chi connectivity index (χ0n) is 21.7. The van der Waals surface area contributed by atoms with Crippen molar-refractivity contribution in [3.63, 3.8) is 0 Å². The summed E-state index contributed by atoms with van der Waals surface area (Å²) < 4.78 is 10.1. The molecule has 0 heterocycles.